The van der Waals surface area contributed by atoms with Gasteiger partial charge >= 0.3 is 11.9 Å². The minimum absolute atomic E-state index is 0.704. The van der Waals surface area contributed by atoms with Crippen molar-refractivity contribution in [2.24, 2.45) is 5.73 Å². The molecule has 70 valence electrons. The number of carboxylic acids is 1. The van der Waals surface area contributed by atoms with E-state index in [1.54, 1.807) is 20.8 Å². The monoisotopic (exact) mass is 175 g/mol. The molecule has 0 bridgehead atoms. The highest BCUT2D eigenvalue weighted by Crippen LogP contribution is 2.07. The van der Waals surface area contributed by atoms with E-state index in [0.29, 0.717) is 0 Å². The Morgan fingerprint density at radius 1 is 1.42 bits per heavy atom. The Hall–Kier alpha value is -1.10. The summed E-state index contributed by atoms with van der Waals surface area (Å²) in [5.74, 6) is -2.31. The van der Waals surface area contributed by atoms with Gasteiger partial charge in [0, 0.05) is 0 Å². The van der Waals surface area contributed by atoms with Crippen LogP contribution >= 0.6 is 0 Å². The van der Waals surface area contributed by atoms with Crippen molar-refractivity contribution in [3.63, 3.8) is 0 Å². The summed E-state index contributed by atoms with van der Waals surface area (Å²) in [6.45, 7) is 4.92. The minimum atomic E-state index is -1.59. The molecule has 0 fully saturated rings. The molecule has 0 aliphatic heterocycles. The smallest absolute Gasteiger partial charge is 0.335 e. The molecule has 1 unspecified atom stereocenters. The molecule has 0 saturated carbocycles. The van der Waals surface area contributed by atoms with Crippen molar-refractivity contribution in [3.8, 4) is 0 Å². The number of rotatable bonds is 2. The molecular weight excluding hydrogens is 162 g/mol. The van der Waals surface area contributed by atoms with Gasteiger partial charge in [-0.15, -0.1) is 0 Å². The SMILES string of the molecule is CC(C)(C)OC(=O)C(N)C(=O)O. The maximum absolute atomic E-state index is 10.9. The summed E-state index contributed by atoms with van der Waals surface area (Å²) in [4.78, 5) is 21.1. The molecule has 0 aromatic heterocycles. The normalized spacial score (nSPS) is 13.7. The van der Waals surface area contributed by atoms with Crippen molar-refractivity contribution in [2.75, 3.05) is 0 Å². The van der Waals surface area contributed by atoms with E-state index in [1.165, 1.54) is 0 Å². The second kappa shape index (κ2) is 3.53. The predicted octanol–water partition coefficient (Wildman–Crippen LogP) is -0.260. The maximum Gasteiger partial charge on any atom is 0.335 e. The van der Waals surface area contributed by atoms with E-state index in [4.69, 9.17) is 15.6 Å². The fourth-order valence-corrected chi connectivity index (χ4v) is 0.466. The van der Waals surface area contributed by atoms with Gasteiger partial charge < -0.3 is 15.6 Å². The van der Waals surface area contributed by atoms with E-state index >= 15 is 0 Å². The van der Waals surface area contributed by atoms with Crippen LogP contribution in [0.15, 0.2) is 0 Å². The zero-order valence-corrected chi connectivity index (χ0v) is 7.33. The van der Waals surface area contributed by atoms with Crippen LogP contribution in [0, 0.1) is 0 Å². The van der Waals surface area contributed by atoms with Crippen molar-refractivity contribution in [1.29, 1.82) is 0 Å². The number of nitrogens with two attached hydrogens (primary N) is 1. The summed E-state index contributed by atoms with van der Waals surface area (Å²) in [6.07, 6.45) is 0. The highest BCUT2D eigenvalue weighted by atomic mass is 16.6. The third-order valence-corrected chi connectivity index (χ3v) is 0.927. The molecule has 0 amide bonds. The van der Waals surface area contributed by atoms with Crippen LogP contribution in [-0.4, -0.2) is 28.7 Å². The van der Waals surface area contributed by atoms with Gasteiger partial charge in [0.05, 0.1) is 0 Å². The summed E-state index contributed by atoms with van der Waals surface area (Å²) in [5, 5.41) is 8.32. The standard InChI is InChI=1S/C7H13NO4/c1-7(2,3)12-6(11)4(8)5(9)10/h4H,8H2,1-3H3,(H,9,10). The highest BCUT2D eigenvalue weighted by Gasteiger charge is 2.27. The topological polar surface area (TPSA) is 89.6 Å². The molecular formula is C7H13NO4. The van der Waals surface area contributed by atoms with Crippen LogP contribution in [0.25, 0.3) is 0 Å². The largest absolute Gasteiger partial charge is 0.480 e. The van der Waals surface area contributed by atoms with Crippen molar-refractivity contribution >= 4 is 11.9 Å². The number of esters is 1. The number of hydrogen-bond donors (Lipinski definition) is 2. The first-order chi connectivity index (χ1) is 5.24. The fourth-order valence-electron chi connectivity index (χ4n) is 0.466. The molecule has 12 heavy (non-hydrogen) atoms. The van der Waals surface area contributed by atoms with Crippen LogP contribution in [0.1, 0.15) is 20.8 Å². The summed E-state index contributed by atoms with van der Waals surface area (Å²) >= 11 is 0. The van der Waals surface area contributed by atoms with Gasteiger partial charge in [0.1, 0.15) is 5.60 Å². The molecule has 3 N–H and O–H groups in total. The zero-order chi connectivity index (χ0) is 9.94. The first-order valence-corrected chi connectivity index (χ1v) is 3.45. The van der Waals surface area contributed by atoms with Crippen molar-refractivity contribution < 1.29 is 19.4 Å². The van der Waals surface area contributed by atoms with Gasteiger partial charge in [-0.3, -0.25) is 0 Å². The number of carboxylic acid groups (broad SMARTS) is 1. The third kappa shape index (κ3) is 3.92. The average molecular weight is 175 g/mol. The molecule has 0 aliphatic rings. The average Bonchev–Trinajstić information content (AvgIpc) is 1.82. The molecule has 0 saturated heterocycles. The Bertz CT molecular complexity index is 194. The Kier molecular flexibility index (Phi) is 3.21. The zero-order valence-electron chi connectivity index (χ0n) is 7.33. The van der Waals surface area contributed by atoms with Gasteiger partial charge in [0.15, 0.2) is 0 Å². The molecule has 0 aromatic rings. The van der Waals surface area contributed by atoms with Gasteiger partial charge in [-0.2, -0.15) is 0 Å². The van der Waals surface area contributed by atoms with E-state index in [0.717, 1.165) is 0 Å². The molecule has 0 aliphatic carbocycles. The van der Waals surface area contributed by atoms with Crippen LogP contribution in [0.4, 0.5) is 0 Å². The minimum Gasteiger partial charge on any atom is -0.480 e. The molecule has 0 heterocycles. The Morgan fingerprint density at radius 3 is 2.08 bits per heavy atom. The maximum atomic E-state index is 10.9. The molecule has 0 radical (unpaired) electrons. The number of carbonyl (C=O) groups excluding carboxylic acids is 1. The number of aliphatic carboxylic acids is 1. The van der Waals surface area contributed by atoms with E-state index in [2.05, 4.69) is 0 Å². The quantitative estimate of drug-likeness (QED) is 0.445. The Labute approximate surface area is 70.5 Å². The summed E-state index contributed by atoms with van der Waals surface area (Å²) in [7, 11) is 0. The van der Waals surface area contributed by atoms with Gasteiger partial charge in [0.2, 0.25) is 6.04 Å². The molecule has 1 atom stereocenters. The van der Waals surface area contributed by atoms with Crippen LogP contribution in [0.3, 0.4) is 0 Å². The lowest BCUT2D eigenvalue weighted by Crippen LogP contribution is -2.42. The second-order valence-corrected chi connectivity index (χ2v) is 3.35. The van der Waals surface area contributed by atoms with E-state index < -0.39 is 23.6 Å². The third-order valence-electron chi connectivity index (χ3n) is 0.927. The second-order valence-electron chi connectivity index (χ2n) is 3.35. The molecule has 0 spiro atoms. The van der Waals surface area contributed by atoms with Gasteiger partial charge in [-0.1, -0.05) is 0 Å². The van der Waals surface area contributed by atoms with Crippen molar-refractivity contribution in [2.45, 2.75) is 32.4 Å². The molecule has 0 aromatic carbocycles. The van der Waals surface area contributed by atoms with Gasteiger partial charge in [0.25, 0.3) is 0 Å². The molecule has 5 nitrogen and oxygen atoms in total. The predicted molar refractivity (Wildman–Crippen MR) is 41.5 cm³/mol. The summed E-state index contributed by atoms with van der Waals surface area (Å²) in [5.41, 5.74) is 4.29. The lowest BCUT2D eigenvalue weighted by atomic mass is 10.2. The van der Waals surface area contributed by atoms with Crippen LogP contribution in [-0.2, 0) is 14.3 Å². The fraction of sp³-hybridized carbons (Fsp3) is 0.714. The number of hydrogen-bond acceptors (Lipinski definition) is 4. The van der Waals surface area contributed by atoms with Crippen LogP contribution < -0.4 is 5.73 Å². The molecule has 0 rings (SSSR count). The first-order valence-electron chi connectivity index (χ1n) is 3.45. The lowest BCUT2D eigenvalue weighted by Gasteiger charge is -2.20. The van der Waals surface area contributed by atoms with E-state index in [1.807, 2.05) is 0 Å². The summed E-state index contributed by atoms with van der Waals surface area (Å²) in [6, 6.07) is -1.59. The Balaban J connectivity index is 4.15. The first kappa shape index (κ1) is 10.9. The van der Waals surface area contributed by atoms with Gasteiger partial charge in [-0.05, 0) is 20.8 Å². The number of ether oxygens (including phenoxy) is 1. The molecule has 5 heteroatoms. The highest BCUT2D eigenvalue weighted by molar-refractivity contribution is 5.98. The van der Waals surface area contributed by atoms with Crippen molar-refractivity contribution in [3.05, 3.63) is 0 Å². The van der Waals surface area contributed by atoms with E-state index in [-0.39, 0.29) is 0 Å². The summed E-state index contributed by atoms with van der Waals surface area (Å²) < 4.78 is 4.72. The van der Waals surface area contributed by atoms with Crippen molar-refractivity contribution in [1.82, 2.24) is 0 Å². The van der Waals surface area contributed by atoms with Crippen LogP contribution in [0.2, 0.25) is 0 Å². The van der Waals surface area contributed by atoms with Crippen LogP contribution in [0.5, 0.6) is 0 Å². The lowest BCUT2D eigenvalue weighted by molar-refractivity contribution is -0.161. The number of carbonyl (C=O) groups is 2. The Morgan fingerprint density at radius 2 is 1.83 bits per heavy atom. The van der Waals surface area contributed by atoms with Gasteiger partial charge in [-0.25, -0.2) is 9.59 Å². The van der Waals surface area contributed by atoms with E-state index in [9.17, 15) is 9.59 Å².